The second-order valence-corrected chi connectivity index (χ2v) is 12.5. The normalized spacial score (nSPS) is 17.5. The summed E-state index contributed by atoms with van der Waals surface area (Å²) in [5.74, 6) is -0.797. The van der Waals surface area contributed by atoms with Gasteiger partial charge in [-0.25, -0.2) is 0 Å². The summed E-state index contributed by atoms with van der Waals surface area (Å²) in [4.78, 5) is 58.8. The van der Waals surface area contributed by atoms with Crippen LogP contribution in [0.2, 0.25) is 0 Å². The van der Waals surface area contributed by atoms with Crippen LogP contribution in [0.1, 0.15) is 37.3 Å². The quantitative estimate of drug-likeness (QED) is 0.298. The third-order valence-corrected chi connectivity index (χ3v) is 9.13. The van der Waals surface area contributed by atoms with Crippen LogP contribution in [0.25, 0.3) is 10.9 Å². The van der Waals surface area contributed by atoms with E-state index in [1.54, 1.807) is 14.1 Å². The Bertz CT molecular complexity index is 1390. The standard InChI is InChI=1S/C32H41N5O4S/c1-4-30(40)42-32(18-23-11-6-5-7-12-23)15-10-16-37(22-32)31(41)27(35-28(38)21-36(3)29(39)20-33-2)17-24-19-34-26-14-9-8-13-25(24)26/h5-9,11-14,19,27,33-34H,4,10,15-18,20-22H2,1-3H3,(H,35,38)/t27-,32+/m1/s1. The topological polar surface area (TPSA) is 115 Å². The van der Waals surface area contributed by atoms with E-state index in [4.69, 9.17) is 0 Å². The lowest BCUT2D eigenvalue weighted by molar-refractivity contribution is -0.139. The summed E-state index contributed by atoms with van der Waals surface area (Å²) in [6.07, 6.45) is 4.86. The Hall–Kier alpha value is -3.63. The first-order valence-electron chi connectivity index (χ1n) is 14.5. The highest BCUT2D eigenvalue weighted by Crippen LogP contribution is 2.39. The van der Waals surface area contributed by atoms with Gasteiger partial charge in [-0.05, 0) is 43.5 Å². The molecule has 0 saturated carbocycles. The van der Waals surface area contributed by atoms with E-state index in [9.17, 15) is 19.2 Å². The Morgan fingerprint density at radius 2 is 1.83 bits per heavy atom. The van der Waals surface area contributed by atoms with Gasteiger partial charge in [-0.3, -0.25) is 19.2 Å². The number of nitrogens with zero attached hydrogens (tertiary/aromatic N) is 2. The summed E-state index contributed by atoms with van der Waals surface area (Å²) >= 11 is 1.36. The van der Waals surface area contributed by atoms with Crippen LogP contribution in [0.4, 0.5) is 0 Å². The molecule has 1 aliphatic rings. The number of amides is 3. The molecule has 0 spiro atoms. The van der Waals surface area contributed by atoms with Gasteiger partial charge in [0.2, 0.25) is 17.7 Å². The number of carbonyl (C=O) groups is 4. The predicted octanol–water partition coefficient (Wildman–Crippen LogP) is 3.15. The zero-order valence-corrected chi connectivity index (χ0v) is 25.5. The van der Waals surface area contributed by atoms with Gasteiger partial charge in [-0.15, -0.1) is 0 Å². The van der Waals surface area contributed by atoms with Crippen LogP contribution >= 0.6 is 11.8 Å². The molecule has 224 valence electrons. The van der Waals surface area contributed by atoms with E-state index in [0.29, 0.717) is 32.4 Å². The van der Waals surface area contributed by atoms with Crippen molar-refractivity contribution in [3.8, 4) is 0 Å². The Labute approximate surface area is 251 Å². The molecule has 2 aromatic carbocycles. The molecule has 3 amide bonds. The zero-order valence-electron chi connectivity index (χ0n) is 24.7. The van der Waals surface area contributed by atoms with Crippen molar-refractivity contribution < 1.29 is 19.2 Å². The minimum atomic E-state index is -0.830. The van der Waals surface area contributed by atoms with Gasteiger partial charge in [-0.1, -0.05) is 67.2 Å². The van der Waals surface area contributed by atoms with E-state index in [1.165, 1.54) is 16.7 Å². The van der Waals surface area contributed by atoms with E-state index >= 15 is 0 Å². The number of thioether (sulfide) groups is 1. The molecule has 10 heteroatoms. The molecule has 9 nitrogen and oxygen atoms in total. The molecule has 0 unspecified atom stereocenters. The largest absolute Gasteiger partial charge is 0.361 e. The SMILES string of the molecule is CCC(=O)S[C@]1(Cc2ccccc2)CCCN(C(=O)[C@@H](Cc2c[nH]c3ccccc23)NC(=O)CN(C)C(=O)CNC)C1. The average molecular weight is 592 g/mol. The first kappa shape index (κ1) is 31.3. The average Bonchev–Trinajstić information content (AvgIpc) is 3.39. The molecule has 42 heavy (non-hydrogen) atoms. The Balaban J connectivity index is 1.58. The van der Waals surface area contributed by atoms with Crippen LogP contribution in [0.15, 0.2) is 60.8 Å². The van der Waals surface area contributed by atoms with E-state index in [2.05, 4.69) is 27.8 Å². The van der Waals surface area contributed by atoms with Crippen LogP contribution in [0.3, 0.4) is 0 Å². The van der Waals surface area contributed by atoms with Crippen LogP contribution in [0, 0.1) is 0 Å². The molecule has 1 aliphatic heterocycles. The van der Waals surface area contributed by atoms with Crippen LogP contribution < -0.4 is 10.6 Å². The maximum absolute atomic E-state index is 14.2. The number of aromatic nitrogens is 1. The van der Waals surface area contributed by atoms with Gasteiger partial charge in [0.1, 0.15) is 6.04 Å². The number of para-hydroxylation sites is 1. The number of carbonyl (C=O) groups excluding carboxylic acids is 4. The number of likely N-dealkylation sites (N-methyl/N-ethyl adjacent to an activating group) is 2. The van der Waals surface area contributed by atoms with E-state index in [-0.39, 0.29) is 30.0 Å². The number of piperidine rings is 1. The molecule has 2 heterocycles. The minimum Gasteiger partial charge on any atom is -0.361 e. The molecular formula is C32H41N5O4S. The third kappa shape index (κ3) is 8.01. The molecule has 3 aromatic rings. The number of benzene rings is 2. The Kier molecular flexibility index (Phi) is 10.8. The smallest absolute Gasteiger partial charge is 0.245 e. The predicted molar refractivity (Wildman–Crippen MR) is 167 cm³/mol. The number of H-pyrrole nitrogens is 1. The van der Waals surface area contributed by atoms with E-state index in [1.807, 2.05) is 60.5 Å². The van der Waals surface area contributed by atoms with Gasteiger partial charge in [-0.2, -0.15) is 0 Å². The Morgan fingerprint density at radius 1 is 1.10 bits per heavy atom. The summed E-state index contributed by atoms with van der Waals surface area (Å²) < 4.78 is -0.447. The van der Waals surface area contributed by atoms with Crippen molar-refractivity contribution in [3.05, 3.63) is 71.9 Å². The van der Waals surface area contributed by atoms with Crippen molar-refractivity contribution in [3.63, 3.8) is 0 Å². The van der Waals surface area contributed by atoms with Crippen molar-refractivity contribution in [2.24, 2.45) is 0 Å². The zero-order chi connectivity index (χ0) is 30.1. The lowest BCUT2D eigenvalue weighted by Crippen LogP contribution is -2.57. The first-order chi connectivity index (χ1) is 20.2. The van der Waals surface area contributed by atoms with Gasteiger partial charge in [0.25, 0.3) is 0 Å². The molecular weight excluding hydrogens is 550 g/mol. The van der Waals surface area contributed by atoms with Crippen LogP contribution in [-0.2, 0) is 32.0 Å². The molecule has 1 saturated heterocycles. The second kappa shape index (κ2) is 14.5. The Morgan fingerprint density at radius 3 is 2.57 bits per heavy atom. The molecule has 4 rings (SSSR count). The fraction of sp³-hybridized carbons (Fsp3) is 0.438. The van der Waals surface area contributed by atoms with Gasteiger partial charge in [0.15, 0.2) is 5.12 Å². The molecule has 1 aromatic heterocycles. The molecule has 0 radical (unpaired) electrons. The number of fused-ring (bicyclic) bond motifs is 1. The van der Waals surface area contributed by atoms with Crippen LogP contribution in [0.5, 0.6) is 0 Å². The number of aromatic amines is 1. The molecule has 0 aliphatic carbocycles. The monoisotopic (exact) mass is 591 g/mol. The summed E-state index contributed by atoms with van der Waals surface area (Å²) in [5, 5.41) is 6.84. The second-order valence-electron chi connectivity index (χ2n) is 11.0. The highest BCUT2D eigenvalue weighted by molar-refractivity contribution is 8.14. The number of rotatable bonds is 12. The van der Waals surface area contributed by atoms with Gasteiger partial charge < -0.3 is 25.4 Å². The molecule has 3 N–H and O–H groups in total. The van der Waals surface area contributed by atoms with E-state index in [0.717, 1.165) is 34.9 Å². The van der Waals surface area contributed by atoms with E-state index < -0.39 is 16.7 Å². The van der Waals surface area contributed by atoms with Crippen LogP contribution in [-0.4, -0.2) is 88.7 Å². The fourth-order valence-corrected chi connectivity index (χ4v) is 6.93. The number of nitrogens with one attached hydrogen (secondary N) is 3. The molecule has 2 atom stereocenters. The van der Waals surface area contributed by atoms with Gasteiger partial charge >= 0.3 is 0 Å². The van der Waals surface area contributed by atoms with Crippen molar-refractivity contribution >= 4 is 45.5 Å². The van der Waals surface area contributed by atoms with Crippen molar-refractivity contribution in [1.82, 2.24) is 25.4 Å². The lowest BCUT2D eigenvalue weighted by atomic mass is 9.89. The number of likely N-dealkylation sites (tertiary alicyclic amines) is 1. The molecule has 1 fully saturated rings. The summed E-state index contributed by atoms with van der Waals surface area (Å²) in [6, 6.07) is 17.1. The van der Waals surface area contributed by atoms with Crippen molar-refractivity contribution in [1.29, 1.82) is 0 Å². The van der Waals surface area contributed by atoms with Crippen molar-refractivity contribution in [2.75, 3.05) is 40.3 Å². The maximum atomic E-state index is 14.2. The first-order valence-corrected chi connectivity index (χ1v) is 15.3. The third-order valence-electron chi connectivity index (χ3n) is 7.71. The highest BCUT2D eigenvalue weighted by Gasteiger charge is 2.41. The summed E-state index contributed by atoms with van der Waals surface area (Å²) in [7, 11) is 3.24. The fourth-order valence-electron chi connectivity index (χ4n) is 5.60. The summed E-state index contributed by atoms with van der Waals surface area (Å²) in [5.41, 5.74) is 3.00. The van der Waals surface area contributed by atoms with Crippen molar-refractivity contribution in [2.45, 2.75) is 49.8 Å². The highest BCUT2D eigenvalue weighted by atomic mass is 32.2. The minimum absolute atomic E-state index is 0.109. The van der Waals surface area contributed by atoms with Gasteiger partial charge in [0.05, 0.1) is 13.1 Å². The summed E-state index contributed by atoms with van der Waals surface area (Å²) in [6.45, 7) is 2.79. The van der Waals surface area contributed by atoms with Gasteiger partial charge in [0, 0.05) is 54.8 Å². The number of hydrogen-bond acceptors (Lipinski definition) is 6. The lowest BCUT2D eigenvalue weighted by Gasteiger charge is -2.43. The number of hydrogen-bond donors (Lipinski definition) is 3. The maximum Gasteiger partial charge on any atom is 0.245 e. The molecule has 0 bridgehead atoms.